The van der Waals surface area contributed by atoms with E-state index in [-0.39, 0.29) is 5.69 Å². The van der Waals surface area contributed by atoms with Crippen molar-refractivity contribution in [1.82, 2.24) is 10.4 Å². The molecule has 3 rings (SSSR count). The fourth-order valence-electron chi connectivity index (χ4n) is 2.20. The highest BCUT2D eigenvalue weighted by molar-refractivity contribution is 9.10. The summed E-state index contributed by atoms with van der Waals surface area (Å²) in [7, 11) is 0. The number of H-pyrrole nitrogens is 1. The average Bonchev–Trinajstić information content (AvgIpc) is 3.00. The van der Waals surface area contributed by atoms with Gasteiger partial charge in [0.25, 0.3) is 11.6 Å². The molecule has 8 heteroatoms. The van der Waals surface area contributed by atoms with Crippen LogP contribution in [0.25, 0.3) is 10.9 Å². The molecular formula is C16H11BrN4O3. The van der Waals surface area contributed by atoms with Crippen LogP contribution in [-0.4, -0.2) is 22.0 Å². The van der Waals surface area contributed by atoms with Gasteiger partial charge in [0, 0.05) is 21.4 Å². The Bertz CT molecular complexity index is 932. The van der Waals surface area contributed by atoms with Crippen molar-refractivity contribution in [3.63, 3.8) is 0 Å². The maximum absolute atomic E-state index is 12.1. The zero-order chi connectivity index (χ0) is 17.1. The van der Waals surface area contributed by atoms with Crippen molar-refractivity contribution in [3.05, 3.63) is 74.4 Å². The van der Waals surface area contributed by atoms with Crippen LogP contribution in [0.3, 0.4) is 0 Å². The van der Waals surface area contributed by atoms with Crippen LogP contribution in [0, 0.1) is 10.1 Å². The molecule has 0 aliphatic rings. The van der Waals surface area contributed by atoms with Crippen LogP contribution < -0.4 is 5.43 Å². The molecule has 0 unspecified atom stereocenters. The van der Waals surface area contributed by atoms with Gasteiger partial charge in [0.15, 0.2) is 0 Å². The molecule has 0 atom stereocenters. The van der Waals surface area contributed by atoms with E-state index in [2.05, 4.69) is 31.4 Å². The number of nitro benzene ring substituents is 1. The van der Waals surface area contributed by atoms with Gasteiger partial charge < -0.3 is 4.98 Å². The summed E-state index contributed by atoms with van der Waals surface area (Å²) in [5, 5.41) is 15.7. The number of hydrazone groups is 1. The van der Waals surface area contributed by atoms with Crippen LogP contribution in [0.1, 0.15) is 16.1 Å². The molecule has 0 spiro atoms. The van der Waals surface area contributed by atoms with E-state index in [9.17, 15) is 14.9 Å². The predicted molar refractivity (Wildman–Crippen MR) is 94.2 cm³/mol. The smallest absolute Gasteiger partial charge is 0.287 e. The van der Waals surface area contributed by atoms with Gasteiger partial charge in [-0.2, -0.15) is 5.10 Å². The number of hydrogen-bond acceptors (Lipinski definition) is 4. The summed E-state index contributed by atoms with van der Waals surface area (Å²) < 4.78 is 0.591. The molecule has 7 nitrogen and oxygen atoms in total. The van der Waals surface area contributed by atoms with Gasteiger partial charge in [0.1, 0.15) is 5.69 Å². The molecule has 0 saturated heterocycles. The largest absolute Gasteiger partial charge is 0.350 e. The molecule has 1 amide bonds. The molecule has 3 aromatic rings. The van der Waals surface area contributed by atoms with Crippen LogP contribution >= 0.6 is 15.9 Å². The van der Waals surface area contributed by atoms with Gasteiger partial charge in [-0.15, -0.1) is 0 Å². The Balaban J connectivity index is 1.76. The summed E-state index contributed by atoms with van der Waals surface area (Å²) in [6.07, 6.45) is 1.24. The Morgan fingerprint density at radius 3 is 2.79 bits per heavy atom. The van der Waals surface area contributed by atoms with Crippen molar-refractivity contribution in [2.45, 2.75) is 0 Å². The third-order valence-corrected chi connectivity index (χ3v) is 3.83. The van der Waals surface area contributed by atoms with Crippen LogP contribution in [-0.2, 0) is 0 Å². The van der Waals surface area contributed by atoms with Gasteiger partial charge in [0.2, 0.25) is 0 Å². The molecule has 24 heavy (non-hydrogen) atoms. The molecule has 1 heterocycles. The van der Waals surface area contributed by atoms with Gasteiger partial charge in [-0.1, -0.05) is 34.1 Å². The number of para-hydroxylation sites is 1. The van der Waals surface area contributed by atoms with Crippen molar-refractivity contribution < 1.29 is 9.72 Å². The Labute approximate surface area is 144 Å². The zero-order valence-electron chi connectivity index (χ0n) is 12.2. The second kappa shape index (κ2) is 6.63. The minimum Gasteiger partial charge on any atom is -0.350 e. The van der Waals surface area contributed by atoms with Crippen LogP contribution in [0.5, 0.6) is 0 Å². The minimum absolute atomic E-state index is 0.104. The number of carbonyl (C=O) groups excluding carboxylic acids is 1. The van der Waals surface area contributed by atoms with Gasteiger partial charge >= 0.3 is 0 Å². The Morgan fingerprint density at radius 2 is 2.04 bits per heavy atom. The summed E-state index contributed by atoms with van der Waals surface area (Å²) in [4.78, 5) is 25.6. The number of benzene rings is 2. The summed E-state index contributed by atoms with van der Waals surface area (Å²) >= 11 is 3.18. The Morgan fingerprint density at radius 1 is 1.25 bits per heavy atom. The summed E-state index contributed by atoms with van der Waals surface area (Å²) in [5.74, 6) is -0.429. The number of rotatable bonds is 4. The van der Waals surface area contributed by atoms with Crippen molar-refractivity contribution in [1.29, 1.82) is 0 Å². The number of aromatic nitrogens is 1. The average molecular weight is 387 g/mol. The number of nitrogens with one attached hydrogen (secondary N) is 2. The van der Waals surface area contributed by atoms with Crippen molar-refractivity contribution in [2.75, 3.05) is 0 Å². The van der Waals surface area contributed by atoms with E-state index in [1.54, 1.807) is 18.2 Å². The van der Waals surface area contributed by atoms with Crippen molar-refractivity contribution in [2.24, 2.45) is 5.10 Å². The lowest BCUT2D eigenvalue weighted by Crippen LogP contribution is -2.18. The molecule has 0 aliphatic heterocycles. The van der Waals surface area contributed by atoms with E-state index >= 15 is 0 Å². The molecule has 0 radical (unpaired) electrons. The molecule has 2 N–H and O–H groups in total. The molecule has 120 valence electrons. The van der Waals surface area contributed by atoms with Gasteiger partial charge in [-0.3, -0.25) is 14.9 Å². The molecule has 0 saturated carbocycles. The first-order valence-corrected chi connectivity index (χ1v) is 7.69. The third kappa shape index (κ3) is 3.33. The van der Waals surface area contributed by atoms with Crippen molar-refractivity contribution in [3.8, 4) is 0 Å². The number of nitro groups is 1. The maximum Gasteiger partial charge on any atom is 0.287 e. The number of fused-ring (bicyclic) bond motifs is 1. The zero-order valence-corrected chi connectivity index (χ0v) is 13.8. The standard InChI is InChI=1S/C16H11BrN4O3/c17-12-6-5-11(15(8-12)21(23)24)9-18-20-16(22)14-7-10-3-1-2-4-13(10)19-14/h1-9,19H,(H,20,22). The molecule has 0 fully saturated rings. The molecule has 2 aromatic carbocycles. The fourth-order valence-corrected chi connectivity index (χ4v) is 2.55. The van der Waals surface area contributed by atoms with E-state index in [1.165, 1.54) is 12.3 Å². The quantitative estimate of drug-likeness (QED) is 0.406. The molecule has 0 aliphatic carbocycles. The van der Waals surface area contributed by atoms with E-state index < -0.39 is 10.8 Å². The van der Waals surface area contributed by atoms with Gasteiger partial charge in [-0.25, -0.2) is 5.43 Å². The van der Waals surface area contributed by atoms with E-state index in [0.29, 0.717) is 15.7 Å². The number of hydrogen-bond donors (Lipinski definition) is 2. The summed E-state index contributed by atoms with van der Waals surface area (Å²) in [5.41, 5.74) is 3.74. The monoisotopic (exact) mass is 386 g/mol. The van der Waals surface area contributed by atoms with E-state index in [1.807, 2.05) is 24.3 Å². The Hall–Kier alpha value is -3.00. The summed E-state index contributed by atoms with van der Waals surface area (Å²) in [6.45, 7) is 0. The SMILES string of the molecule is O=C(NN=Cc1ccc(Br)cc1[N+](=O)[O-])c1cc2ccccc2[nH]1. The topological polar surface area (TPSA) is 100 Å². The van der Waals surface area contributed by atoms with Crippen molar-refractivity contribution >= 4 is 44.6 Å². The predicted octanol–water partition coefficient (Wildman–Crippen LogP) is 3.60. The highest BCUT2D eigenvalue weighted by Gasteiger charge is 2.13. The molecule has 1 aromatic heterocycles. The number of amides is 1. The number of aromatic amines is 1. The highest BCUT2D eigenvalue weighted by atomic mass is 79.9. The van der Waals surface area contributed by atoms with E-state index in [0.717, 1.165) is 10.9 Å². The first-order chi connectivity index (χ1) is 11.5. The number of halogens is 1. The van der Waals surface area contributed by atoms with Gasteiger partial charge in [-0.05, 0) is 24.3 Å². The first-order valence-electron chi connectivity index (χ1n) is 6.90. The number of nitrogens with zero attached hydrogens (tertiary/aromatic N) is 2. The number of carbonyl (C=O) groups is 1. The highest BCUT2D eigenvalue weighted by Crippen LogP contribution is 2.22. The molecule has 0 bridgehead atoms. The van der Waals surface area contributed by atoms with Gasteiger partial charge in [0.05, 0.1) is 16.7 Å². The second-order valence-corrected chi connectivity index (χ2v) is 5.85. The normalized spacial score (nSPS) is 11.0. The van der Waals surface area contributed by atoms with Crippen LogP contribution in [0.4, 0.5) is 5.69 Å². The van der Waals surface area contributed by atoms with Crippen LogP contribution in [0.2, 0.25) is 0 Å². The minimum atomic E-state index is -0.508. The third-order valence-electron chi connectivity index (χ3n) is 3.33. The first kappa shape index (κ1) is 15.9. The van der Waals surface area contributed by atoms with Crippen LogP contribution in [0.15, 0.2) is 58.1 Å². The lowest BCUT2D eigenvalue weighted by Gasteiger charge is -1.99. The van der Waals surface area contributed by atoms with E-state index in [4.69, 9.17) is 0 Å². The second-order valence-electron chi connectivity index (χ2n) is 4.93. The Kier molecular flexibility index (Phi) is 4.39. The molecular weight excluding hydrogens is 376 g/mol. The maximum atomic E-state index is 12.1. The summed E-state index contributed by atoms with van der Waals surface area (Å²) in [6, 6.07) is 13.8. The lowest BCUT2D eigenvalue weighted by molar-refractivity contribution is -0.385. The fraction of sp³-hybridized carbons (Fsp3) is 0. The lowest BCUT2D eigenvalue weighted by atomic mass is 10.2.